The highest BCUT2D eigenvalue weighted by Gasteiger charge is 2.29. The van der Waals surface area contributed by atoms with Gasteiger partial charge in [0.25, 0.3) is 0 Å². The van der Waals surface area contributed by atoms with Gasteiger partial charge in [-0.15, -0.1) is 0 Å². The smallest absolute Gasteiger partial charge is 0.409 e. The fourth-order valence-corrected chi connectivity index (χ4v) is 7.92. The Labute approximate surface area is 428 Å². The molecule has 0 heterocycles. The zero-order valence-corrected chi connectivity index (χ0v) is 44.1. The van der Waals surface area contributed by atoms with Gasteiger partial charge in [0.1, 0.15) is 6.61 Å². The van der Waals surface area contributed by atoms with Gasteiger partial charge in [0, 0.05) is 26.1 Å². The molecule has 1 aliphatic carbocycles. The Morgan fingerprint density at radius 3 is 0.958 bits per heavy atom. The minimum absolute atomic E-state index is 0.0367. The van der Waals surface area contributed by atoms with Gasteiger partial charge in [-0.05, 0) is 28.7 Å². The maximum atomic E-state index is 12.6. The molecule has 0 aliphatic heterocycles. The Balaban J connectivity index is 0.899. The van der Waals surface area contributed by atoms with Gasteiger partial charge >= 0.3 is 6.09 Å². The Morgan fingerprint density at radius 2 is 0.634 bits per heavy atom. The van der Waals surface area contributed by atoms with Crippen LogP contribution in [0.2, 0.25) is 0 Å². The molecule has 1 aliphatic rings. The van der Waals surface area contributed by atoms with Crippen molar-refractivity contribution >= 4 is 6.09 Å². The first-order valence-corrected chi connectivity index (χ1v) is 27.2. The Kier molecular flexibility index (Phi) is 41.4. The normalized spacial score (nSPS) is 12.2. The zero-order valence-electron chi connectivity index (χ0n) is 44.1. The maximum Gasteiger partial charge on any atom is 0.409 e. The number of likely N-dealkylation sites (N-methyl/N-ethyl adjacent to an activating group) is 1. The number of benzene rings is 2. The SMILES string of the molecule is CCCCCCCCCCCCCCCCOCCOCCOCCOCCOCCOCCOCCOCCOCCOCCOCCOCCN(C)C(=O)OCC1c2ccccc2-c2ccccc21. The summed E-state index contributed by atoms with van der Waals surface area (Å²) in [6, 6.07) is 16.6. The number of rotatable bonds is 53. The van der Waals surface area contributed by atoms with Crippen molar-refractivity contribution in [2.24, 2.45) is 0 Å². The largest absolute Gasteiger partial charge is 0.448 e. The summed E-state index contributed by atoms with van der Waals surface area (Å²) in [5.74, 6) is 0.0367. The summed E-state index contributed by atoms with van der Waals surface area (Å²) in [5, 5.41) is 0. The van der Waals surface area contributed by atoms with E-state index in [1.165, 1.54) is 111 Å². The fraction of sp³-hybridized carbons (Fsp3) is 0.768. The van der Waals surface area contributed by atoms with Crippen LogP contribution in [0.3, 0.4) is 0 Å². The van der Waals surface area contributed by atoms with Crippen LogP contribution in [-0.4, -0.2) is 190 Å². The van der Waals surface area contributed by atoms with Crippen LogP contribution in [0, 0.1) is 0 Å². The highest BCUT2D eigenvalue weighted by molar-refractivity contribution is 5.79. The molecule has 0 spiro atoms. The number of amides is 1. The van der Waals surface area contributed by atoms with Crippen LogP contribution >= 0.6 is 0 Å². The van der Waals surface area contributed by atoms with Crippen molar-refractivity contribution in [3.8, 4) is 11.1 Å². The topological polar surface area (TPSA) is 140 Å². The van der Waals surface area contributed by atoms with Gasteiger partial charge in [0.15, 0.2) is 0 Å². The summed E-state index contributed by atoms with van der Waals surface area (Å²) in [6.07, 6.45) is 18.8. The van der Waals surface area contributed by atoms with Crippen LogP contribution in [-0.2, 0) is 61.6 Å². The van der Waals surface area contributed by atoms with E-state index in [4.69, 9.17) is 61.6 Å². The van der Waals surface area contributed by atoms with Gasteiger partial charge in [-0.2, -0.15) is 0 Å². The van der Waals surface area contributed by atoms with Gasteiger partial charge in [-0.1, -0.05) is 139 Å². The van der Waals surface area contributed by atoms with Crippen LogP contribution in [0.25, 0.3) is 11.1 Å². The Morgan fingerprint density at radius 1 is 0.366 bits per heavy atom. The molecule has 2 aromatic carbocycles. The second kappa shape index (κ2) is 47.0. The van der Waals surface area contributed by atoms with E-state index in [9.17, 15) is 4.79 Å². The zero-order chi connectivity index (χ0) is 50.2. The van der Waals surface area contributed by atoms with Crippen molar-refractivity contribution in [3.63, 3.8) is 0 Å². The first-order valence-electron chi connectivity index (χ1n) is 27.2. The minimum atomic E-state index is -0.364. The molecule has 0 saturated heterocycles. The van der Waals surface area contributed by atoms with Crippen molar-refractivity contribution < 1.29 is 66.4 Å². The Bertz CT molecular complexity index is 1440. The lowest BCUT2D eigenvalue weighted by atomic mass is 9.98. The fourth-order valence-electron chi connectivity index (χ4n) is 7.92. The predicted octanol–water partition coefficient (Wildman–Crippen LogP) is 9.55. The summed E-state index contributed by atoms with van der Waals surface area (Å²) in [6.45, 7) is 15.4. The number of carbonyl (C=O) groups is 1. The van der Waals surface area contributed by atoms with Crippen molar-refractivity contribution in [2.45, 2.75) is 103 Å². The van der Waals surface area contributed by atoms with E-state index in [0.29, 0.717) is 165 Å². The van der Waals surface area contributed by atoms with Gasteiger partial charge in [0.05, 0.1) is 152 Å². The van der Waals surface area contributed by atoms with Crippen molar-refractivity contribution in [3.05, 3.63) is 59.7 Å². The van der Waals surface area contributed by atoms with Crippen molar-refractivity contribution in [1.29, 1.82) is 0 Å². The first-order chi connectivity index (χ1) is 35.2. The van der Waals surface area contributed by atoms with Crippen LogP contribution in [0.15, 0.2) is 48.5 Å². The first kappa shape index (κ1) is 62.5. The monoisotopic (exact) mass is 1010 g/mol. The summed E-state index contributed by atoms with van der Waals surface area (Å²) in [5.41, 5.74) is 4.80. The average molecular weight is 1010 g/mol. The number of unbranched alkanes of at least 4 members (excludes halogenated alkanes) is 13. The number of hydrogen-bond acceptors (Lipinski definition) is 14. The third kappa shape index (κ3) is 33.6. The quantitative estimate of drug-likeness (QED) is 0.0581. The van der Waals surface area contributed by atoms with E-state index in [1.54, 1.807) is 7.05 Å². The van der Waals surface area contributed by atoms with Crippen LogP contribution in [0.4, 0.5) is 4.79 Å². The van der Waals surface area contributed by atoms with Gasteiger partial charge in [0.2, 0.25) is 0 Å². The molecular formula is C56H95NO14. The molecule has 71 heavy (non-hydrogen) atoms. The molecule has 0 saturated carbocycles. The van der Waals surface area contributed by atoms with Gasteiger partial charge in [-0.3, -0.25) is 0 Å². The van der Waals surface area contributed by atoms with E-state index < -0.39 is 0 Å². The van der Waals surface area contributed by atoms with Crippen LogP contribution < -0.4 is 0 Å². The predicted molar refractivity (Wildman–Crippen MR) is 278 cm³/mol. The summed E-state index contributed by atoms with van der Waals surface area (Å²) in [4.78, 5) is 14.2. The third-order valence-electron chi connectivity index (χ3n) is 12.0. The standard InChI is InChI=1S/C56H95NO14/c1-3-4-5-6-7-8-9-10-11-12-13-14-15-20-26-59-28-30-61-32-34-63-36-38-65-40-42-67-44-46-69-48-49-70-47-45-68-43-41-66-39-37-64-35-33-62-31-29-60-27-25-57(2)56(58)71-50-55-53-23-18-16-21-51(53)52-22-17-19-24-54(52)55/h16-19,21-24,55H,3-15,20,25-50H2,1-2H3. The molecule has 3 rings (SSSR count). The molecule has 0 N–H and O–H groups in total. The maximum absolute atomic E-state index is 12.6. The van der Waals surface area contributed by atoms with Gasteiger partial charge in [-0.25, -0.2) is 4.79 Å². The molecule has 0 unspecified atom stereocenters. The molecule has 0 radical (unpaired) electrons. The van der Waals surface area contributed by atoms with Gasteiger partial charge < -0.3 is 66.5 Å². The highest BCUT2D eigenvalue weighted by Crippen LogP contribution is 2.44. The molecule has 408 valence electrons. The minimum Gasteiger partial charge on any atom is -0.448 e. The molecule has 15 heteroatoms. The number of nitrogens with zero attached hydrogens (tertiary/aromatic N) is 1. The number of carbonyl (C=O) groups excluding carboxylic acids is 1. The molecule has 0 fully saturated rings. The number of ether oxygens (including phenoxy) is 13. The average Bonchev–Trinajstić information content (AvgIpc) is 3.71. The summed E-state index contributed by atoms with van der Waals surface area (Å²) < 4.78 is 72.6. The number of hydrogen-bond donors (Lipinski definition) is 0. The highest BCUT2D eigenvalue weighted by atomic mass is 16.6. The van der Waals surface area contributed by atoms with Crippen LogP contribution in [0.1, 0.15) is 114 Å². The van der Waals surface area contributed by atoms with E-state index in [2.05, 4.69) is 31.2 Å². The Hall–Kier alpha value is -2.77. The van der Waals surface area contributed by atoms with E-state index in [0.717, 1.165) is 13.0 Å². The lowest BCUT2D eigenvalue weighted by Crippen LogP contribution is -2.32. The van der Waals surface area contributed by atoms with E-state index >= 15 is 0 Å². The van der Waals surface area contributed by atoms with E-state index in [-0.39, 0.29) is 12.0 Å². The van der Waals surface area contributed by atoms with Crippen molar-refractivity contribution in [1.82, 2.24) is 4.90 Å². The molecule has 0 atom stereocenters. The second-order valence-corrected chi connectivity index (χ2v) is 17.7. The molecule has 0 bridgehead atoms. The number of fused-ring (bicyclic) bond motifs is 3. The molecule has 15 nitrogen and oxygen atoms in total. The third-order valence-corrected chi connectivity index (χ3v) is 12.0. The summed E-state index contributed by atoms with van der Waals surface area (Å²) >= 11 is 0. The van der Waals surface area contributed by atoms with E-state index in [1.807, 2.05) is 24.3 Å². The molecule has 1 amide bonds. The molecule has 2 aromatic rings. The second-order valence-electron chi connectivity index (χ2n) is 17.7. The summed E-state index contributed by atoms with van der Waals surface area (Å²) in [7, 11) is 1.72. The lowest BCUT2D eigenvalue weighted by molar-refractivity contribution is -0.0284. The van der Waals surface area contributed by atoms with Crippen LogP contribution in [0.5, 0.6) is 0 Å². The lowest BCUT2D eigenvalue weighted by Gasteiger charge is -2.19. The molecular weight excluding hydrogens is 911 g/mol. The van der Waals surface area contributed by atoms with Crippen molar-refractivity contribution in [2.75, 3.05) is 179 Å². The molecule has 0 aromatic heterocycles.